The minimum atomic E-state index is -0.452. The van der Waals surface area contributed by atoms with Crippen molar-refractivity contribution in [2.75, 3.05) is 6.54 Å². The SMILES string of the molecule is CC1=C(C(=O)OC(C)(C)C)C=CC(CN)C1C.[HH]. The molecule has 0 amide bonds. The first-order valence-electron chi connectivity index (χ1n) is 6.08. The van der Waals surface area contributed by atoms with Crippen molar-refractivity contribution < 1.29 is 11.0 Å². The summed E-state index contributed by atoms with van der Waals surface area (Å²) < 4.78 is 5.39. The molecule has 0 fully saturated rings. The van der Waals surface area contributed by atoms with Gasteiger partial charge >= 0.3 is 5.97 Å². The van der Waals surface area contributed by atoms with E-state index in [-0.39, 0.29) is 7.40 Å². The molecule has 2 atom stereocenters. The van der Waals surface area contributed by atoms with Gasteiger partial charge in [-0.25, -0.2) is 4.79 Å². The highest BCUT2D eigenvalue weighted by atomic mass is 16.6. The Kier molecular flexibility index (Phi) is 4.15. The number of ether oxygens (including phenoxy) is 1. The van der Waals surface area contributed by atoms with Crippen LogP contribution in [0.3, 0.4) is 0 Å². The molecule has 0 aromatic rings. The van der Waals surface area contributed by atoms with E-state index < -0.39 is 5.60 Å². The summed E-state index contributed by atoms with van der Waals surface area (Å²) >= 11 is 0. The molecule has 0 spiro atoms. The van der Waals surface area contributed by atoms with E-state index in [9.17, 15) is 4.79 Å². The molecule has 2 N–H and O–H groups in total. The molecule has 0 aliphatic heterocycles. The van der Waals surface area contributed by atoms with Crippen LogP contribution in [0, 0.1) is 11.8 Å². The molecule has 1 rings (SSSR count). The van der Waals surface area contributed by atoms with Crippen molar-refractivity contribution in [1.29, 1.82) is 0 Å². The van der Waals surface area contributed by atoms with Crippen LogP contribution >= 0.6 is 0 Å². The number of rotatable bonds is 2. The lowest BCUT2D eigenvalue weighted by Gasteiger charge is -2.27. The Bertz CT molecular complexity index is 366. The molecule has 98 valence electrons. The number of carbonyl (C=O) groups excluding carboxylic acids is 1. The summed E-state index contributed by atoms with van der Waals surface area (Å²) in [5.74, 6) is 0.377. The van der Waals surface area contributed by atoms with Crippen LogP contribution in [0.5, 0.6) is 0 Å². The summed E-state index contributed by atoms with van der Waals surface area (Å²) in [5, 5.41) is 0. The van der Waals surface area contributed by atoms with Gasteiger partial charge in [0.2, 0.25) is 0 Å². The maximum absolute atomic E-state index is 12.0. The van der Waals surface area contributed by atoms with Gasteiger partial charge in [-0.1, -0.05) is 24.6 Å². The van der Waals surface area contributed by atoms with Crippen LogP contribution in [0.25, 0.3) is 0 Å². The fourth-order valence-corrected chi connectivity index (χ4v) is 1.93. The van der Waals surface area contributed by atoms with Crippen LogP contribution in [0.4, 0.5) is 0 Å². The zero-order valence-corrected chi connectivity index (χ0v) is 11.4. The summed E-state index contributed by atoms with van der Waals surface area (Å²) in [6.07, 6.45) is 3.86. The molecule has 3 nitrogen and oxygen atoms in total. The Morgan fingerprint density at radius 3 is 2.59 bits per heavy atom. The highest BCUT2D eigenvalue weighted by Gasteiger charge is 2.26. The number of carbonyl (C=O) groups is 1. The Balaban J connectivity index is 0.00000289. The Morgan fingerprint density at radius 1 is 1.53 bits per heavy atom. The lowest BCUT2D eigenvalue weighted by Crippen LogP contribution is -2.28. The molecule has 17 heavy (non-hydrogen) atoms. The molecule has 0 saturated heterocycles. The molecule has 0 radical (unpaired) electrons. The number of hydrogen-bond donors (Lipinski definition) is 1. The van der Waals surface area contributed by atoms with Crippen LogP contribution in [-0.2, 0) is 9.53 Å². The summed E-state index contributed by atoms with van der Waals surface area (Å²) in [5.41, 5.74) is 6.98. The highest BCUT2D eigenvalue weighted by molar-refractivity contribution is 5.93. The summed E-state index contributed by atoms with van der Waals surface area (Å²) in [4.78, 5) is 12.0. The molecule has 3 heteroatoms. The number of allylic oxidation sites excluding steroid dienone is 1. The van der Waals surface area contributed by atoms with Crippen molar-refractivity contribution in [2.45, 2.75) is 40.2 Å². The first kappa shape index (κ1) is 14.0. The van der Waals surface area contributed by atoms with Crippen LogP contribution in [0.2, 0.25) is 0 Å². The van der Waals surface area contributed by atoms with Crippen LogP contribution in [0.15, 0.2) is 23.3 Å². The molecule has 1 aliphatic rings. The molecule has 0 saturated carbocycles. The Morgan fingerprint density at radius 2 is 2.12 bits per heavy atom. The average Bonchev–Trinajstić information content (AvgIpc) is 2.19. The third kappa shape index (κ3) is 3.43. The van der Waals surface area contributed by atoms with Gasteiger partial charge in [0.15, 0.2) is 0 Å². The van der Waals surface area contributed by atoms with Crippen molar-refractivity contribution in [3.8, 4) is 0 Å². The molecular weight excluding hydrogens is 214 g/mol. The zero-order valence-electron chi connectivity index (χ0n) is 11.4. The summed E-state index contributed by atoms with van der Waals surface area (Å²) in [6, 6.07) is 0. The molecule has 0 aromatic heterocycles. The second-order valence-electron chi connectivity index (χ2n) is 5.65. The molecular formula is C14H25NO2. The van der Waals surface area contributed by atoms with E-state index in [0.29, 0.717) is 24.0 Å². The van der Waals surface area contributed by atoms with E-state index in [1.165, 1.54) is 0 Å². The largest absolute Gasteiger partial charge is 0.456 e. The fourth-order valence-electron chi connectivity index (χ4n) is 1.93. The van der Waals surface area contributed by atoms with Gasteiger partial charge in [0, 0.05) is 1.43 Å². The van der Waals surface area contributed by atoms with Gasteiger partial charge in [-0.3, -0.25) is 0 Å². The second kappa shape index (κ2) is 5.05. The predicted octanol–water partition coefficient (Wildman–Crippen LogP) is 2.67. The van der Waals surface area contributed by atoms with E-state index in [2.05, 4.69) is 6.92 Å². The van der Waals surface area contributed by atoms with Gasteiger partial charge < -0.3 is 10.5 Å². The Hall–Kier alpha value is -1.09. The zero-order chi connectivity index (χ0) is 13.2. The van der Waals surface area contributed by atoms with Gasteiger partial charge in [0.05, 0.1) is 5.57 Å². The minimum Gasteiger partial charge on any atom is -0.456 e. The van der Waals surface area contributed by atoms with E-state index in [0.717, 1.165) is 5.57 Å². The number of esters is 1. The standard InChI is InChI=1S/C14H23NO2.H2/c1-9-10(2)12(7-6-11(9)8-15)13(16)17-14(3,4)5;/h6-7,9,11H,8,15H2,1-5H3;1H. The topological polar surface area (TPSA) is 52.3 Å². The first-order chi connectivity index (χ1) is 7.76. The van der Waals surface area contributed by atoms with Crippen molar-refractivity contribution >= 4 is 5.97 Å². The van der Waals surface area contributed by atoms with Crippen molar-refractivity contribution in [3.63, 3.8) is 0 Å². The van der Waals surface area contributed by atoms with Crippen molar-refractivity contribution in [2.24, 2.45) is 17.6 Å². The predicted molar refractivity (Wildman–Crippen MR) is 71.5 cm³/mol. The van der Waals surface area contributed by atoms with Gasteiger partial charge in [0.25, 0.3) is 0 Å². The molecule has 1 aliphatic carbocycles. The number of nitrogens with two attached hydrogens (primary N) is 1. The normalized spacial score (nSPS) is 25.1. The van der Waals surface area contributed by atoms with E-state index >= 15 is 0 Å². The van der Waals surface area contributed by atoms with Gasteiger partial charge in [0.1, 0.15) is 5.60 Å². The van der Waals surface area contributed by atoms with Gasteiger partial charge in [-0.2, -0.15) is 0 Å². The molecule has 0 heterocycles. The smallest absolute Gasteiger partial charge is 0.338 e. The maximum Gasteiger partial charge on any atom is 0.338 e. The Labute approximate surface area is 105 Å². The molecule has 0 aromatic carbocycles. The molecule has 2 unspecified atom stereocenters. The second-order valence-corrected chi connectivity index (χ2v) is 5.65. The van der Waals surface area contributed by atoms with Crippen LogP contribution in [-0.4, -0.2) is 18.1 Å². The van der Waals surface area contributed by atoms with E-state index in [1.54, 1.807) is 0 Å². The maximum atomic E-state index is 12.0. The molecule has 0 bridgehead atoms. The van der Waals surface area contributed by atoms with Crippen LogP contribution < -0.4 is 5.73 Å². The average molecular weight is 239 g/mol. The summed E-state index contributed by atoms with van der Waals surface area (Å²) in [6.45, 7) is 10.3. The monoisotopic (exact) mass is 239 g/mol. The van der Waals surface area contributed by atoms with Crippen molar-refractivity contribution in [3.05, 3.63) is 23.3 Å². The lowest BCUT2D eigenvalue weighted by molar-refractivity contribution is -0.149. The lowest BCUT2D eigenvalue weighted by atomic mass is 9.81. The van der Waals surface area contributed by atoms with Gasteiger partial charge in [-0.05, 0) is 46.1 Å². The van der Waals surface area contributed by atoms with E-state index in [1.807, 2.05) is 39.8 Å². The summed E-state index contributed by atoms with van der Waals surface area (Å²) in [7, 11) is 0. The minimum absolute atomic E-state index is 0. The van der Waals surface area contributed by atoms with Crippen LogP contribution in [0.1, 0.15) is 36.0 Å². The first-order valence-corrected chi connectivity index (χ1v) is 6.08. The van der Waals surface area contributed by atoms with Crippen molar-refractivity contribution in [1.82, 2.24) is 0 Å². The quantitative estimate of drug-likeness (QED) is 0.754. The highest BCUT2D eigenvalue weighted by Crippen LogP contribution is 2.30. The van der Waals surface area contributed by atoms with E-state index in [4.69, 9.17) is 10.5 Å². The fraction of sp³-hybridized carbons (Fsp3) is 0.643. The third-order valence-corrected chi connectivity index (χ3v) is 3.15. The third-order valence-electron chi connectivity index (χ3n) is 3.15. The van der Waals surface area contributed by atoms with Gasteiger partial charge in [-0.15, -0.1) is 0 Å². The number of hydrogen-bond acceptors (Lipinski definition) is 3.